The van der Waals surface area contributed by atoms with Crippen molar-refractivity contribution in [2.75, 3.05) is 0 Å². The third-order valence-electron chi connectivity index (χ3n) is 2.03. The van der Waals surface area contributed by atoms with Crippen molar-refractivity contribution < 1.29 is 9.13 Å². The molecule has 2 rings (SSSR count). The summed E-state index contributed by atoms with van der Waals surface area (Å²) in [7, 11) is 0. The van der Waals surface area contributed by atoms with Gasteiger partial charge in [-0.25, -0.2) is 9.37 Å². The van der Waals surface area contributed by atoms with Crippen molar-refractivity contribution >= 4 is 11.6 Å². The molecule has 0 aliphatic carbocycles. The highest BCUT2D eigenvalue weighted by atomic mass is 35.5. The van der Waals surface area contributed by atoms with E-state index in [-0.39, 0.29) is 18.2 Å². The largest absolute Gasteiger partial charge is 0.434 e. The fourth-order valence-corrected chi connectivity index (χ4v) is 1.40. The smallest absolute Gasteiger partial charge is 0.242 e. The lowest BCUT2D eigenvalue weighted by atomic mass is 10.3. The maximum absolute atomic E-state index is 13.5. The fourth-order valence-electron chi connectivity index (χ4n) is 1.24. The third kappa shape index (κ3) is 2.69. The van der Waals surface area contributed by atoms with E-state index < -0.39 is 5.82 Å². The number of nitrogens with two attached hydrogens (primary N) is 1. The predicted octanol–water partition coefficient (Wildman–Crippen LogP) is 2.52. The minimum absolute atomic E-state index is 0.0320. The van der Waals surface area contributed by atoms with E-state index in [1.807, 2.05) is 0 Å². The quantitative estimate of drug-likeness (QED) is 0.913. The lowest BCUT2D eigenvalue weighted by molar-refractivity contribution is 0.419. The summed E-state index contributed by atoms with van der Waals surface area (Å²) >= 11 is 5.63. The second-order valence-corrected chi connectivity index (χ2v) is 3.63. The van der Waals surface area contributed by atoms with Crippen LogP contribution in [0.5, 0.6) is 11.6 Å². The van der Waals surface area contributed by atoms with E-state index in [1.165, 1.54) is 24.5 Å². The fraction of sp³-hybridized carbons (Fsp3) is 0.0909. The molecule has 0 saturated carbocycles. The molecule has 1 heterocycles. The van der Waals surface area contributed by atoms with Gasteiger partial charge >= 0.3 is 0 Å². The molecule has 17 heavy (non-hydrogen) atoms. The van der Waals surface area contributed by atoms with Gasteiger partial charge in [-0.15, -0.1) is 0 Å². The van der Waals surface area contributed by atoms with Crippen LogP contribution in [0.15, 0.2) is 30.6 Å². The lowest BCUT2D eigenvalue weighted by Gasteiger charge is -2.08. The summed E-state index contributed by atoms with van der Waals surface area (Å²) in [6.45, 7) is 0.165. The number of rotatable bonds is 3. The second-order valence-electron chi connectivity index (χ2n) is 3.19. The Kier molecular flexibility index (Phi) is 3.51. The van der Waals surface area contributed by atoms with Gasteiger partial charge in [0.2, 0.25) is 5.88 Å². The van der Waals surface area contributed by atoms with E-state index in [9.17, 15) is 4.39 Å². The van der Waals surface area contributed by atoms with Gasteiger partial charge in [0.25, 0.3) is 0 Å². The monoisotopic (exact) mass is 253 g/mol. The molecular formula is C11H9ClFN3O. The maximum Gasteiger partial charge on any atom is 0.242 e. The zero-order valence-corrected chi connectivity index (χ0v) is 9.49. The molecule has 0 saturated heterocycles. The molecule has 4 nitrogen and oxygen atoms in total. The van der Waals surface area contributed by atoms with Gasteiger partial charge in [-0.2, -0.15) is 0 Å². The van der Waals surface area contributed by atoms with Crippen molar-refractivity contribution in [2.24, 2.45) is 5.73 Å². The number of halogens is 2. The van der Waals surface area contributed by atoms with Gasteiger partial charge in [0.05, 0.1) is 0 Å². The topological polar surface area (TPSA) is 61.0 Å². The van der Waals surface area contributed by atoms with Crippen molar-refractivity contribution in [2.45, 2.75) is 6.54 Å². The predicted molar refractivity (Wildman–Crippen MR) is 61.4 cm³/mol. The van der Waals surface area contributed by atoms with Gasteiger partial charge in [0.1, 0.15) is 5.69 Å². The van der Waals surface area contributed by atoms with Gasteiger partial charge in [-0.05, 0) is 18.2 Å². The van der Waals surface area contributed by atoms with Gasteiger partial charge in [0.15, 0.2) is 11.6 Å². The average Bonchev–Trinajstić information content (AvgIpc) is 2.33. The molecule has 2 aromatic rings. The molecule has 0 radical (unpaired) electrons. The average molecular weight is 254 g/mol. The standard InChI is InChI=1S/C11H9ClFN3O/c12-7-1-2-10(8(13)5-7)17-11-9(6-14)15-3-4-16-11/h1-5H,6,14H2. The first kappa shape index (κ1) is 11.8. The molecule has 0 unspecified atom stereocenters. The first-order valence-corrected chi connectivity index (χ1v) is 5.21. The van der Waals surface area contributed by atoms with E-state index in [0.717, 1.165) is 6.07 Å². The number of aromatic nitrogens is 2. The van der Waals surface area contributed by atoms with Crippen LogP contribution in [-0.4, -0.2) is 9.97 Å². The molecule has 0 atom stereocenters. The minimum atomic E-state index is -0.564. The van der Waals surface area contributed by atoms with Crippen molar-refractivity contribution in [3.05, 3.63) is 47.1 Å². The molecule has 1 aromatic heterocycles. The molecule has 88 valence electrons. The minimum Gasteiger partial charge on any atom is -0.434 e. The molecule has 0 fully saturated rings. The Hall–Kier alpha value is -1.72. The van der Waals surface area contributed by atoms with E-state index in [1.54, 1.807) is 0 Å². The number of benzene rings is 1. The number of ether oxygens (including phenoxy) is 1. The Morgan fingerprint density at radius 2 is 2.06 bits per heavy atom. The highest BCUT2D eigenvalue weighted by molar-refractivity contribution is 6.30. The zero-order chi connectivity index (χ0) is 12.3. The van der Waals surface area contributed by atoms with Crippen LogP contribution in [0.1, 0.15) is 5.69 Å². The van der Waals surface area contributed by atoms with E-state index >= 15 is 0 Å². The Morgan fingerprint density at radius 3 is 2.76 bits per heavy atom. The molecule has 0 bridgehead atoms. The zero-order valence-electron chi connectivity index (χ0n) is 8.73. The van der Waals surface area contributed by atoms with E-state index in [2.05, 4.69) is 9.97 Å². The van der Waals surface area contributed by atoms with Crippen LogP contribution in [0.25, 0.3) is 0 Å². The van der Waals surface area contributed by atoms with Crippen LogP contribution in [0.3, 0.4) is 0 Å². The number of nitrogens with zero attached hydrogens (tertiary/aromatic N) is 2. The van der Waals surface area contributed by atoms with E-state index in [0.29, 0.717) is 10.7 Å². The molecule has 6 heteroatoms. The highest BCUT2D eigenvalue weighted by Gasteiger charge is 2.10. The summed E-state index contributed by atoms with van der Waals surface area (Å²) in [4.78, 5) is 7.92. The molecular weight excluding hydrogens is 245 g/mol. The van der Waals surface area contributed by atoms with Crippen LogP contribution in [0.2, 0.25) is 5.02 Å². The van der Waals surface area contributed by atoms with Gasteiger partial charge in [-0.1, -0.05) is 11.6 Å². The summed E-state index contributed by atoms with van der Waals surface area (Å²) in [5, 5.41) is 0.299. The summed E-state index contributed by atoms with van der Waals surface area (Å²) in [6, 6.07) is 4.11. The Bertz CT molecular complexity index is 536. The number of hydrogen-bond donors (Lipinski definition) is 1. The van der Waals surface area contributed by atoms with Crippen LogP contribution in [-0.2, 0) is 6.54 Å². The van der Waals surface area contributed by atoms with Crippen LogP contribution < -0.4 is 10.5 Å². The van der Waals surface area contributed by atoms with Gasteiger partial charge in [-0.3, -0.25) is 4.98 Å². The lowest BCUT2D eigenvalue weighted by Crippen LogP contribution is -2.04. The van der Waals surface area contributed by atoms with Gasteiger partial charge < -0.3 is 10.5 Å². The van der Waals surface area contributed by atoms with Crippen LogP contribution in [0, 0.1) is 5.82 Å². The Balaban J connectivity index is 2.31. The van der Waals surface area contributed by atoms with Crippen molar-refractivity contribution in [3.63, 3.8) is 0 Å². The molecule has 0 aliphatic rings. The molecule has 0 amide bonds. The first-order chi connectivity index (χ1) is 8.20. The summed E-state index contributed by atoms with van der Waals surface area (Å²) < 4.78 is 18.8. The number of hydrogen-bond acceptors (Lipinski definition) is 4. The summed E-state index contributed by atoms with van der Waals surface area (Å²) in [5.41, 5.74) is 5.93. The van der Waals surface area contributed by atoms with Gasteiger partial charge in [0, 0.05) is 24.0 Å². The second kappa shape index (κ2) is 5.07. The Morgan fingerprint density at radius 1 is 1.29 bits per heavy atom. The van der Waals surface area contributed by atoms with E-state index in [4.69, 9.17) is 22.1 Å². The molecule has 0 spiro atoms. The molecule has 1 aromatic carbocycles. The van der Waals surface area contributed by atoms with Crippen molar-refractivity contribution in [3.8, 4) is 11.6 Å². The normalized spacial score (nSPS) is 10.3. The molecule has 2 N–H and O–H groups in total. The van der Waals surface area contributed by atoms with Crippen LogP contribution in [0.4, 0.5) is 4.39 Å². The SMILES string of the molecule is NCc1nccnc1Oc1ccc(Cl)cc1F. The summed E-state index contributed by atoms with van der Waals surface area (Å²) in [5.74, 6) is -0.341. The van der Waals surface area contributed by atoms with Crippen molar-refractivity contribution in [1.82, 2.24) is 9.97 Å². The third-order valence-corrected chi connectivity index (χ3v) is 2.26. The first-order valence-electron chi connectivity index (χ1n) is 4.83. The summed E-state index contributed by atoms with van der Waals surface area (Å²) in [6.07, 6.45) is 2.94. The Labute approximate surface area is 102 Å². The maximum atomic E-state index is 13.5. The van der Waals surface area contributed by atoms with Crippen molar-refractivity contribution in [1.29, 1.82) is 0 Å². The molecule has 0 aliphatic heterocycles. The highest BCUT2D eigenvalue weighted by Crippen LogP contribution is 2.26. The van der Waals surface area contributed by atoms with Crippen LogP contribution >= 0.6 is 11.6 Å².